The van der Waals surface area contributed by atoms with Gasteiger partial charge in [0.05, 0.1) is 5.69 Å². The van der Waals surface area contributed by atoms with E-state index in [-0.39, 0.29) is 5.92 Å². The molecule has 0 spiro atoms. The number of aryl methyl sites for hydroxylation is 1. The van der Waals surface area contributed by atoms with Gasteiger partial charge in [0.15, 0.2) is 18.0 Å². The molecular formula is C20H25F2N5S+2. The predicted molar refractivity (Wildman–Crippen MR) is 105 cm³/mol. The monoisotopic (exact) mass is 405 g/mol. The first kappa shape index (κ1) is 19.1. The molecule has 0 atom stereocenters. The van der Waals surface area contributed by atoms with Crippen molar-refractivity contribution in [1.82, 2.24) is 9.55 Å². The molecule has 0 unspecified atom stereocenters. The van der Waals surface area contributed by atoms with Crippen LogP contribution in [0.15, 0.2) is 23.6 Å². The number of nitrogens with zero attached hydrogens (tertiary/aromatic N) is 3. The second-order valence-corrected chi connectivity index (χ2v) is 8.28. The number of imidazole rings is 1. The molecule has 1 aliphatic carbocycles. The average molecular weight is 406 g/mol. The minimum atomic E-state index is -0.855. The third kappa shape index (κ3) is 3.45. The van der Waals surface area contributed by atoms with Crippen molar-refractivity contribution >= 4 is 28.7 Å². The Bertz CT molecular complexity index is 1030. The number of H-pyrrole nitrogens is 1. The molecule has 5 nitrogen and oxygen atoms in total. The summed E-state index contributed by atoms with van der Waals surface area (Å²) in [6.07, 6.45) is 6.09. The fraction of sp³-hybridized carbons (Fsp3) is 0.450. The Morgan fingerprint density at radius 2 is 2.04 bits per heavy atom. The number of aromatic amines is 1. The summed E-state index contributed by atoms with van der Waals surface area (Å²) in [5, 5.41) is 0.770. The first-order chi connectivity index (χ1) is 13.5. The number of nitrogens with two attached hydrogens (primary N) is 1. The van der Waals surface area contributed by atoms with Crippen LogP contribution in [0, 0.1) is 11.6 Å². The van der Waals surface area contributed by atoms with Crippen LogP contribution in [0.3, 0.4) is 0 Å². The molecule has 1 fully saturated rings. The third-order valence-electron chi connectivity index (χ3n) is 5.12. The number of thioether (sulfide) groups is 1. The zero-order valence-corrected chi connectivity index (χ0v) is 17.0. The number of unbranched alkanes of at least 4 members (excludes halogenated alkanes) is 1. The van der Waals surface area contributed by atoms with Gasteiger partial charge in [-0.15, -0.1) is 0 Å². The Hall–Kier alpha value is -2.22. The zero-order valence-electron chi connectivity index (χ0n) is 16.1. The summed E-state index contributed by atoms with van der Waals surface area (Å²) >= 11 is 1.64. The van der Waals surface area contributed by atoms with Crippen LogP contribution >= 0.6 is 11.8 Å². The summed E-state index contributed by atoms with van der Waals surface area (Å²) in [6, 6.07) is 2.60. The number of anilines is 1. The zero-order chi connectivity index (χ0) is 19.8. The molecule has 2 heterocycles. The van der Waals surface area contributed by atoms with Gasteiger partial charge in [0.25, 0.3) is 0 Å². The van der Waals surface area contributed by atoms with Crippen molar-refractivity contribution in [2.24, 2.45) is 0 Å². The summed E-state index contributed by atoms with van der Waals surface area (Å²) in [5.41, 5.74) is 9.30. The van der Waals surface area contributed by atoms with Gasteiger partial charge in [-0.2, -0.15) is 9.55 Å². The number of rotatable bonds is 7. The van der Waals surface area contributed by atoms with Crippen LogP contribution in [-0.4, -0.2) is 15.3 Å². The normalized spacial score (nSPS) is 14.1. The Labute approximate surface area is 167 Å². The highest BCUT2D eigenvalue weighted by Gasteiger charge is 2.32. The number of hydrogen-bond acceptors (Lipinski definition) is 3. The Morgan fingerprint density at radius 1 is 1.29 bits per heavy atom. The minimum absolute atomic E-state index is 0.264. The molecule has 0 aliphatic heterocycles. The standard InChI is InChI=1S/C20H24F2N5S/c1-3-5-8-28-20-24-18(23)17-19(25-20)26(4-2)11-27(17)16-10-15(22)14(21)9-13(16)12-6-7-12/h9-12H,3-8H2,1-2H3,(H2,23,24,25)/q+1/p+1. The van der Waals surface area contributed by atoms with Crippen molar-refractivity contribution in [3.05, 3.63) is 35.7 Å². The molecule has 28 heavy (non-hydrogen) atoms. The summed E-state index contributed by atoms with van der Waals surface area (Å²) in [4.78, 5) is 7.89. The molecule has 1 aliphatic rings. The largest absolute Gasteiger partial charge is 0.426 e. The van der Waals surface area contributed by atoms with Gasteiger partial charge in [0.2, 0.25) is 5.52 Å². The van der Waals surface area contributed by atoms with Gasteiger partial charge < -0.3 is 5.73 Å². The lowest BCUT2D eigenvalue weighted by Crippen LogP contribution is -2.36. The third-order valence-corrected chi connectivity index (χ3v) is 6.08. The molecule has 148 valence electrons. The first-order valence-electron chi connectivity index (χ1n) is 9.78. The van der Waals surface area contributed by atoms with Crippen LogP contribution in [0.2, 0.25) is 0 Å². The van der Waals surface area contributed by atoms with Crippen molar-refractivity contribution in [3.63, 3.8) is 0 Å². The molecule has 1 aromatic carbocycles. The van der Waals surface area contributed by atoms with E-state index in [0.29, 0.717) is 23.6 Å². The lowest BCUT2D eigenvalue weighted by molar-refractivity contribution is -0.706. The number of hydrogen-bond donors (Lipinski definition) is 1. The van der Waals surface area contributed by atoms with Crippen LogP contribution in [0.5, 0.6) is 0 Å². The molecule has 4 rings (SSSR count). The highest BCUT2D eigenvalue weighted by Crippen LogP contribution is 2.43. The molecule has 0 radical (unpaired) electrons. The topological polar surface area (TPSA) is 61.9 Å². The molecule has 0 bridgehead atoms. The smallest absolute Gasteiger partial charge is 0.353 e. The molecule has 8 heteroatoms. The van der Waals surface area contributed by atoms with Gasteiger partial charge in [0.1, 0.15) is 6.54 Å². The molecule has 0 amide bonds. The molecule has 3 aromatic rings. The number of fused-ring (bicyclic) bond motifs is 1. The summed E-state index contributed by atoms with van der Waals surface area (Å²) in [5.74, 6) is -0.0531. The van der Waals surface area contributed by atoms with E-state index in [0.717, 1.165) is 47.8 Å². The number of nitrogens with one attached hydrogen (secondary N) is 1. The Morgan fingerprint density at radius 3 is 2.71 bits per heavy atom. The number of benzene rings is 1. The minimum Gasteiger partial charge on any atom is -0.353 e. The van der Waals surface area contributed by atoms with Gasteiger partial charge in [-0.1, -0.05) is 13.3 Å². The fourth-order valence-electron chi connectivity index (χ4n) is 3.46. The summed E-state index contributed by atoms with van der Waals surface area (Å²) < 4.78 is 31.9. The summed E-state index contributed by atoms with van der Waals surface area (Å²) in [6.45, 7) is 4.90. The average Bonchev–Trinajstić information content (AvgIpc) is 3.45. The highest BCUT2D eigenvalue weighted by molar-refractivity contribution is 7.99. The maximum atomic E-state index is 14.1. The van der Waals surface area contributed by atoms with Crippen LogP contribution in [0.1, 0.15) is 51.0 Å². The van der Waals surface area contributed by atoms with Gasteiger partial charge in [-0.25, -0.2) is 8.78 Å². The van der Waals surface area contributed by atoms with E-state index in [1.54, 1.807) is 11.8 Å². The highest BCUT2D eigenvalue weighted by atomic mass is 32.2. The van der Waals surface area contributed by atoms with Crippen LogP contribution in [-0.2, 0) is 6.54 Å². The van der Waals surface area contributed by atoms with E-state index in [9.17, 15) is 8.78 Å². The van der Waals surface area contributed by atoms with Crippen molar-refractivity contribution in [1.29, 1.82) is 0 Å². The Balaban J connectivity index is 1.88. The van der Waals surface area contributed by atoms with E-state index in [4.69, 9.17) is 5.73 Å². The first-order valence-corrected chi connectivity index (χ1v) is 10.8. The van der Waals surface area contributed by atoms with Crippen molar-refractivity contribution in [3.8, 4) is 5.69 Å². The second kappa shape index (κ2) is 7.66. The second-order valence-electron chi connectivity index (χ2n) is 7.20. The lowest BCUT2D eigenvalue weighted by Gasteiger charge is -2.10. The maximum Gasteiger partial charge on any atom is 0.426 e. The SMILES string of the molecule is CCCCSc1nc(N)c2c([nH+]1)[n+](CC)cn2-c1cc(F)c(F)cc1C1CC1. The van der Waals surface area contributed by atoms with Crippen LogP contribution < -0.4 is 15.3 Å². The van der Waals surface area contributed by atoms with E-state index >= 15 is 0 Å². The summed E-state index contributed by atoms with van der Waals surface area (Å²) in [7, 11) is 0. The van der Waals surface area contributed by atoms with E-state index in [1.807, 2.05) is 22.4 Å². The molecule has 1 saturated carbocycles. The molecule has 3 N–H and O–H groups in total. The number of nitrogen functional groups attached to an aromatic ring is 1. The van der Waals surface area contributed by atoms with Gasteiger partial charge in [-0.05, 0) is 55.5 Å². The van der Waals surface area contributed by atoms with Gasteiger partial charge in [-0.3, -0.25) is 4.57 Å². The number of halogens is 2. The van der Waals surface area contributed by atoms with Crippen LogP contribution in [0.4, 0.5) is 14.6 Å². The quantitative estimate of drug-likeness (QED) is 0.282. The van der Waals surface area contributed by atoms with Crippen LogP contribution in [0.25, 0.3) is 16.9 Å². The maximum absolute atomic E-state index is 14.1. The van der Waals surface area contributed by atoms with E-state index in [2.05, 4.69) is 16.9 Å². The number of aromatic nitrogens is 4. The van der Waals surface area contributed by atoms with Crippen molar-refractivity contribution < 1.29 is 18.3 Å². The van der Waals surface area contributed by atoms with Crippen molar-refractivity contribution in [2.45, 2.75) is 57.1 Å². The fourth-order valence-corrected chi connectivity index (χ4v) is 4.42. The molecule has 2 aromatic heterocycles. The van der Waals surface area contributed by atoms with E-state index < -0.39 is 11.6 Å². The van der Waals surface area contributed by atoms with Gasteiger partial charge >= 0.3 is 16.6 Å². The lowest BCUT2D eigenvalue weighted by atomic mass is 10.1. The van der Waals surface area contributed by atoms with E-state index in [1.165, 1.54) is 12.1 Å². The predicted octanol–water partition coefficient (Wildman–Crippen LogP) is 3.78. The molecule has 0 saturated heterocycles. The van der Waals surface area contributed by atoms with Gasteiger partial charge in [0, 0.05) is 16.8 Å². The Kier molecular flexibility index (Phi) is 5.23. The molecular weight excluding hydrogens is 380 g/mol. The van der Waals surface area contributed by atoms with Crippen molar-refractivity contribution in [2.75, 3.05) is 11.5 Å².